The lowest BCUT2D eigenvalue weighted by molar-refractivity contribution is 0.436. The first-order valence-corrected chi connectivity index (χ1v) is 4.40. The van der Waals surface area contributed by atoms with E-state index >= 15 is 0 Å². The molecule has 0 radical (unpaired) electrons. The molecule has 5 nitrogen and oxygen atoms in total. The molecule has 0 atom stereocenters. The zero-order chi connectivity index (χ0) is 10.3. The third-order valence-electron chi connectivity index (χ3n) is 2.19. The van der Waals surface area contributed by atoms with Crippen LogP contribution in [-0.4, -0.2) is 10.3 Å². The Morgan fingerprint density at radius 3 is 2.93 bits per heavy atom. The van der Waals surface area contributed by atoms with Gasteiger partial charge in [0.15, 0.2) is 17.2 Å². The lowest BCUT2D eigenvalue weighted by atomic mass is 10.1. The molecule has 3 aromatic rings. The molecular formula is C10H7N3O2. The number of rotatable bonds is 1. The number of fused-ring (bicyclic) bond motifs is 1. The number of hydrogen-bond donors (Lipinski definition) is 1. The molecule has 2 heterocycles. The van der Waals surface area contributed by atoms with Crippen LogP contribution in [-0.2, 0) is 0 Å². The molecule has 74 valence electrons. The van der Waals surface area contributed by atoms with Gasteiger partial charge < -0.3 is 14.8 Å². The van der Waals surface area contributed by atoms with Gasteiger partial charge in [0.25, 0.3) is 0 Å². The van der Waals surface area contributed by atoms with Crippen LogP contribution >= 0.6 is 0 Å². The Morgan fingerprint density at radius 2 is 2.13 bits per heavy atom. The van der Waals surface area contributed by atoms with Crippen LogP contribution in [0.1, 0.15) is 0 Å². The van der Waals surface area contributed by atoms with E-state index in [0.29, 0.717) is 17.2 Å². The maximum absolute atomic E-state index is 5.49. The van der Waals surface area contributed by atoms with Crippen molar-refractivity contribution in [2.45, 2.75) is 0 Å². The number of nitrogens with zero attached hydrogens (tertiary/aromatic N) is 2. The fourth-order valence-electron chi connectivity index (χ4n) is 1.52. The van der Waals surface area contributed by atoms with E-state index < -0.39 is 0 Å². The van der Waals surface area contributed by atoms with E-state index in [1.54, 1.807) is 12.3 Å². The van der Waals surface area contributed by atoms with Gasteiger partial charge in [-0.2, -0.15) is 0 Å². The predicted molar refractivity (Wildman–Crippen MR) is 53.9 cm³/mol. The third-order valence-corrected chi connectivity index (χ3v) is 2.19. The van der Waals surface area contributed by atoms with Crippen LogP contribution in [0.3, 0.4) is 0 Å². The molecule has 0 bridgehead atoms. The molecule has 0 spiro atoms. The van der Waals surface area contributed by atoms with Gasteiger partial charge in [0.1, 0.15) is 0 Å². The molecule has 0 aliphatic carbocycles. The number of anilines is 1. The van der Waals surface area contributed by atoms with Crippen LogP contribution in [0.15, 0.2) is 39.5 Å². The number of aromatic nitrogens is 2. The highest BCUT2D eigenvalue weighted by atomic mass is 16.5. The van der Waals surface area contributed by atoms with Crippen LogP contribution in [0.4, 0.5) is 5.82 Å². The summed E-state index contributed by atoms with van der Waals surface area (Å²) < 4.78 is 10.1. The second-order valence-corrected chi connectivity index (χ2v) is 3.16. The van der Waals surface area contributed by atoms with Crippen LogP contribution in [0.25, 0.3) is 22.3 Å². The standard InChI is InChI=1S/C10H7N3O2/c11-10-4-9(15-13-10)6-2-1-3-8-7(6)5-12-14-8/h1-5H,(H2,11,13). The molecule has 5 heteroatoms. The highest BCUT2D eigenvalue weighted by Crippen LogP contribution is 2.29. The largest absolute Gasteiger partial charge is 0.381 e. The van der Waals surface area contributed by atoms with Crippen molar-refractivity contribution in [2.75, 3.05) is 5.73 Å². The van der Waals surface area contributed by atoms with Crippen LogP contribution < -0.4 is 5.73 Å². The number of hydrogen-bond acceptors (Lipinski definition) is 5. The number of nitrogens with two attached hydrogens (primary N) is 1. The van der Waals surface area contributed by atoms with E-state index in [1.807, 2.05) is 18.2 Å². The second kappa shape index (κ2) is 2.84. The highest BCUT2D eigenvalue weighted by molar-refractivity contribution is 5.91. The lowest BCUT2D eigenvalue weighted by Gasteiger charge is -1.94. The maximum Gasteiger partial charge on any atom is 0.169 e. The SMILES string of the molecule is Nc1cc(-c2cccc3oncc23)on1. The Morgan fingerprint density at radius 1 is 1.20 bits per heavy atom. The zero-order valence-electron chi connectivity index (χ0n) is 7.68. The van der Waals surface area contributed by atoms with Crippen molar-refractivity contribution in [3.8, 4) is 11.3 Å². The normalized spacial score (nSPS) is 10.9. The van der Waals surface area contributed by atoms with E-state index in [4.69, 9.17) is 14.8 Å². The van der Waals surface area contributed by atoms with Gasteiger partial charge in [-0.25, -0.2) is 0 Å². The maximum atomic E-state index is 5.49. The van der Waals surface area contributed by atoms with Gasteiger partial charge in [0.2, 0.25) is 0 Å². The third kappa shape index (κ3) is 1.17. The Balaban J connectivity index is 2.30. The van der Waals surface area contributed by atoms with Crippen molar-refractivity contribution in [3.63, 3.8) is 0 Å². The smallest absolute Gasteiger partial charge is 0.169 e. The average molecular weight is 201 g/mol. The molecule has 3 rings (SSSR count). The Kier molecular flexibility index (Phi) is 1.53. The molecule has 0 unspecified atom stereocenters. The second-order valence-electron chi connectivity index (χ2n) is 3.16. The molecule has 0 saturated carbocycles. The molecule has 2 aromatic heterocycles. The highest BCUT2D eigenvalue weighted by Gasteiger charge is 2.10. The quantitative estimate of drug-likeness (QED) is 0.651. The van der Waals surface area contributed by atoms with E-state index in [1.165, 1.54) is 0 Å². The summed E-state index contributed by atoms with van der Waals surface area (Å²) >= 11 is 0. The molecule has 15 heavy (non-hydrogen) atoms. The molecule has 0 aliphatic heterocycles. The molecule has 1 aromatic carbocycles. The van der Waals surface area contributed by atoms with Gasteiger partial charge in [-0.05, 0) is 6.07 Å². The summed E-state index contributed by atoms with van der Waals surface area (Å²) in [5.74, 6) is 0.972. The van der Waals surface area contributed by atoms with Gasteiger partial charge >= 0.3 is 0 Å². The molecule has 0 fully saturated rings. The molecule has 0 amide bonds. The summed E-state index contributed by atoms with van der Waals surface area (Å²) in [4.78, 5) is 0. The molecule has 0 aliphatic rings. The molecule has 2 N–H and O–H groups in total. The van der Waals surface area contributed by atoms with Crippen molar-refractivity contribution in [3.05, 3.63) is 30.5 Å². The fourth-order valence-corrected chi connectivity index (χ4v) is 1.52. The first-order chi connectivity index (χ1) is 7.34. The van der Waals surface area contributed by atoms with Gasteiger partial charge in [-0.1, -0.05) is 22.4 Å². The zero-order valence-corrected chi connectivity index (χ0v) is 7.68. The van der Waals surface area contributed by atoms with Crippen LogP contribution in [0.2, 0.25) is 0 Å². The van der Waals surface area contributed by atoms with Gasteiger partial charge in [-0.3, -0.25) is 0 Å². The van der Waals surface area contributed by atoms with Gasteiger partial charge in [0, 0.05) is 11.6 Å². The van der Waals surface area contributed by atoms with Gasteiger partial charge in [0.05, 0.1) is 11.6 Å². The van der Waals surface area contributed by atoms with E-state index in [-0.39, 0.29) is 0 Å². The predicted octanol–water partition coefficient (Wildman–Crippen LogP) is 2.06. The van der Waals surface area contributed by atoms with Crippen molar-refractivity contribution in [1.29, 1.82) is 0 Å². The lowest BCUT2D eigenvalue weighted by Crippen LogP contribution is -1.80. The minimum absolute atomic E-state index is 0.360. The van der Waals surface area contributed by atoms with Gasteiger partial charge in [-0.15, -0.1) is 0 Å². The summed E-state index contributed by atoms with van der Waals surface area (Å²) in [6.45, 7) is 0. The molecular weight excluding hydrogens is 194 g/mol. The van der Waals surface area contributed by atoms with Crippen LogP contribution in [0, 0.1) is 0 Å². The minimum Gasteiger partial charge on any atom is -0.381 e. The molecule has 0 saturated heterocycles. The average Bonchev–Trinajstić information content (AvgIpc) is 2.84. The summed E-state index contributed by atoms with van der Waals surface area (Å²) in [6.07, 6.45) is 1.64. The topological polar surface area (TPSA) is 78.1 Å². The van der Waals surface area contributed by atoms with E-state index in [9.17, 15) is 0 Å². The van der Waals surface area contributed by atoms with Crippen molar-refractivity contribution >= 4 is 16.8 Å². The van der Waals surface area contributed by atoms with Crippen molar-refractivity contribution in [1.82, 2.24) is 10.3 Å². The van der Waals surface area contributed by atoms with E-state index in [0.717, 1.165) is 10.9 Å². The number of nitrogen functional groups attached to an aromatic ring is 1. The monoisotopic (exact) mass is 201 g/mol. The summed E-state index contributed by atoms with van der Waals surface area (Å²) in [6, 6.07) is 7.27. The first-order valence-electron chi connectivity index (χ1n) is 4.40. The minimum atomic E-state index is 0.360. The Hall–Kier alpha value is -2.30. The van der Waals surface area contributed by atoms with Crippen molar-refractivity contribution in [2.24, 2.45) is 0 Å². The summed E-state index contributed by atoms with van der Waals surface area (Å²) in [5.41, 5.74) is 7.08. The van der Waals surface area contributed by atoms with Crippen molar-refractivity contribution < 1.29 is 9.05 Å². The summed E-state index contributed by atoms with van der Waals surface area (Å²) in [7, 11) is 0. The first kappa shape index (κ1) is 8.05. The van der Waals surface area contributed by atoms with E-state index in [2.05, 4.69) is 10.3 Å². The fraction of sp³-hybridized carbons (Fsp3) is 0. The Bertz CT molecular complexity index is 612. The van der Waals surface area contributed by atoms with Crippen LogP contribution in [0.5, 0.6) is 0 Å². The summed E-state index contributed by atoms with van der Waals surface area (Å²) in [5, 5.41) is 8.24. The number of benzene rings is 1. The Labute approximate surface area is 84.4 Å².